The SMILES string of the molecule is C=C(Br)CNc1ccc([N+](=O)[O-])c(OC(C)C)c1. The van der Waals surface area contributed by atoms with Crippen LogP contribution in [0.1, 0.15) is 13.8 Å². The molecule has 0 fully saturated rings. The Labute approximate surface area is 114 Å². The molecule has 0 radical (unpaired) electrons. The second-order valence-corrected chi connectivity index (χ2v) is 5.10. The molecule has 0 unspecified atom stereocenters. The topological polar surface area (TPSA) is 64.4 Å². The lowest BCUT2D eigenvalue weighted by molar-refractivity contribution is -0.386. The van der Waals surface area contributed by atoms with E-state index < -0.39 is 4.92 Å². The molecule has 0 saturated carbocycles. The van der Waals surface area contributed by atoms with Gasteiger partial charge in [-0.2, -0.15) is 0 Å². The third-order valence-corrected chi connectivity index (χ3v) is 2.28. The average molecular weight is 315 g/mol. The second kappa shape index (κ2) is 6.39. The van der Waals surface area contributed by atoms with Gasteiger partial charge < -0.3 is 10.1 Å². The molecule has 0 aromatic heterocycles. The summed E-state index contributed by atoms with van der Waals surface area (Å²) in [4.78, 5) is 10.4. The average Bonchev–Trinajstić information content (AvgIpc) is 2.25. The van der Waals surface area contributed by atoms with Crippen LogP contribution in [-0.2, 0) is 0 Å². The number of hydrogen-bond donors (Lipinski definition) is 1. The van der Waals surface area contributed by atoms with Gasteiger partial charge in [0.1, 0.15) is 0 Å². The van der Waals surface area contributed by atoms with Crippen molar-refractivity contribution in [3.05, 3.63) is 39.4 Å². The summed E-state index contributed by atoms with van der Waals surface area (Å²) in [5, 5.41) is 13.9. The quantitative estimate of drug-likeness (QED) is 0.642. The van der Waals surface area contributed by atoms with Crippen molar-refractivity contribution in [3.8, 4) is 5.75 Å². The van der Waals surface area contributed by atoms with E-state index in [1.807, 2.05) is 13.8 Å². The Hall–Kier alpha value is -1.56. The molecule has 98 valence electrons. The number of nitrogens with zero attached hydrogens (tertiary/aromatic N) is 1. The molecule has 1 aromatic rings. The summed E-state index contributed by atoms with van der Waals surface area (Å²) < 4.78 is 6.24. The maximum Gasteiger partial charge on any atom is 0.311 e. The van der Waals surface area contributed by atoms with Gasteiger partial charge in [0.15, 0.2) is 5.75 Å². The van der Waals surface area contributed by atoms with E-state index in [1.54, 1.807) is 12.1 Å². The molecule has 0 aliphatic rings. The van der Waals surface area contributed by atoms with E-state index in [1.165, 1.54) is 6.07 Å². The van der Waals surface area contributed by atoms with Gasteiger partial charge in [0.05, 0.1) is 11.0 Å². The van der Waals surface area contributed by atoms with Gasteiger partial charge in [-0.1, -0.05) is 22.5 Å². The van der Waals surface area contributed by atoms with E-state index in [2.05, 4.69) is 27.8 Å². The predicted octanol–water partition coefficient (Wildman–Crippen LogP) is 3.70. The van der Waals surface area contributed by atoms with Crippen molar-refractivity contribution in [2.45, 2.75) is 20.0 Å². The number of anilines is 1. The molecule has 1 rings (SSSR count). The van der Waals surface area contributed by atoms with Crippen LogP contribution in [-0.4, -0.2) is 17.6 Å². The highest BCUT2D eigenvalue weighted by Gasteiger charge is 2.16. The Kier molecular flexibility index (Phi) is 5.15. The van der Waals surface area contributed by atoms with Gasteiger partial charge in [-0.25, -0.2) is 0 Å². The summed E-state index contributed by atoms with van der Waals surface area (Å²) in [5.74, 6) is 0.264. The van der Waals surface area contributed by atoms with Crippen molar-refractivity contribution in [2.75, 3.05) is 11.9 Å². The number of rotatable bonds is 6. The Bertz CT molecular complexity index is 461. The van der Waals surface area contributed by atoms with Crippen LogP contribution in [0.4, 0.5) is 11.4 Å². The minimum absolute atomic E-state index is 0.0353. The monoisotopic (exact) mass is 314 g/mol. The zero-order valence-electron chi connectivity index (χ0n) is 10.3. The number of benzene rings is 1. The molecular formula is C12H15BrN2O3. The molecule has 1 aromatic carbocycles. The molecule has 0 heterocycles. The van der Waals surface area contributed by atoms with E-state index in [4.69, 9.17) is 4.74 Å². The Balaban J connectivity index is 2.97. The molecular weight excluding hydrogens is 300 g/mol. The Morgan fingerprint density at radius 3 is 2.78 bits per heavy atom. The summed E-state index contributed by atoms with van der Waals surface area (Å²) >= 11 is 3.23. The van der Waals surface area contributed by atoms with Crippen molar-refractivity contribution >= 4 is 27.3 Å². The molecule has 0 saturated heterocycles. The van der Waals surface area contributed by atoms with Crippen molar-refractivity contribution in [1.29, 1.82) is 0 Å². The summed E-state index contributed by atoms with van der Waals surface area (Å²) in [5.41, 5.74) is 0.712. The summed E-state index contributed by atoms with van der Waals surface area (Å²) in [6.07, 6.45) is -0.120. The number of nitro groups is 1. The van der Waals surface area contributed by atoms with E-state index in [0.717, 1.165) is 10.2 Å². The van der Waals surface area contributed by atoms with Gasteiger partial charge >= 0.3 is 5.69 Å². The molecule has 18 heavy (non-hydrogen) atoms. The van der Waals surface area contributed by atoms with Crippen molar-refractivity contribution in [1.82, 2.24) is 0 Å². The number of nitrogens with one attached hydrogen (secondary N) is 1. The van der Waals surface area contributed by atoms with Crippen LogP contribution in [0.15, 0.2) is 29.3 Å². The van der Waals surface area contributed by atoms with Crippen LogP contribution >= 0.6 is 15.9 Å². The van der Waals surface area contributed by atoms with Crippen LogP contribution in [0.25, 0.3) is 0 Å². The van der Waals surface area contributed by atoms with Gasteiger partial charge in [-0.15, -0.1) is 0 Å². The first-order chi connectivity index (χ1) is 8.40. The third kappa shape index (κ3) is 4.37. The molecule has 0 amide bonds. The highest BCUT2D eigenvalue weighted by Crippen LogP contribution is 2.31. The lowest BCUT2D eigenvalue weighted by Gasteiger charge is -2.12. The maximum atomic E-state index is 10.9. The minimum Gasteiger partial charge on any atom is -0.484 e. The molecule has 0 atom stereocenters. The van der Waals surface area contributed by atoms with Crippen LogP contribution in [0.2, 0.25) is 0 Å². The summed E-state index contributed by atoms with van der Waals surface area (Å²) in [7, 11) is 0. The van der Waals surface area contributed by atoms with Crippen molar-refractivity contribution in [3.63, 3.8) is 0 Å². The van der Waals surface area contributed by atoms with Crippen molar-refractivity contribution in [2.24, 2.45) is 0 Å². The highest BCUT2D eigenvalue weighted by molar-refractivity contribution is 9.11. The second-order valence-electron chi connectivity index (χ2n) is 3.98. The Morgan fingerprint density at radius 2 is 2.28 bits per heavy atom. The number of nitro benzene ring substituents is 1. The van der Waals surface area contributed by atoms with Gasteiger partial charge in [0.2, 0.25) is 0 Å². The van der Waals surface area contributed by atoms with Crippen LogP contribution in [0.3, 0.4) is 0 Å². The minimum atomic E-state index is -0.453. The maximum absolute atomic E-state index is 10.9. The van der Waals surface area contributed by atoms with E-state index >= 15 is 0 Å². The van der Waals surface area contributed by atoms with Gasteiger partial charge in [0, 0.05) is 28.8 Å². The van der Waals surface area contributed by atoms with E-state index in [-0.39, 0.29) is 17.5 Å². The fourth-order valence-corrected chi connectivity index (χ4v) is 1.46. The molecule has 0 bridgehead atoms. The van der Waals surface area contributed by atoms with Gasteiger partial charge in [0.25, 0.3) is 0 Å². The smallest absolute Gasteiger partial charge is 0.311 e. The normalized spacial score (nSPS) is 10.2. The fourth-order valence-electron chi connectivity index (χ4n) is 1.32. The molecule has 0 aliphatic heterocycles. The first kappa shape index (κ1) is 14.5. The Morgan fingerprint density at radius 1 is 1.61 bits per heavy atom. The fraction of sp³-hybridized carbons (Fsp3) is 0.333. The molecule has 5 nitrogen and oxygen atoms in total. The molecule has 0 aliphatic carbocycles. The predicted molar refractivity (Wildman–Crippen MR) is 75.4 cm³/mol. The molecule has 1 N–H and O–H groups in total. The largest absolute Gasteiger partial charge is 0.484 e. The zero-order valence-corrected chi connectivity index (χ0v) is 11.9. The lowest BCUT2D eigenvalue weighted by atomic mass is 10.2. The number of hydrogen-bond acceptors (Lipinski definition) is 4. The number of ether oxygens (including phenoxy) is 1. The zero-order chi connectivity index (χ0) is 13.7. The molecule has 6 heteroatoms. The highest BCUT2D eigenvalue weighted by atomic mass is 79.9. The van der Waals surface area contributed by atoms with Crippen LogP contribution in [0.5, 0.6) is 5.75 Å². The lowest BCUT2D eigenvalue weighted by Crippen LogP contribution is -2.08. The first-order valence-electron chi connectivity index (χ1n) is 5.42. The first-order valence-corrected chi connectivity index (χ1v) is 6.21. The summed E-state index contributed by atoms with van der Waals surface area (Å²) in [6.45, 7) is 7.89. The molecule has 0 spiro atoms. The van der Waals surface area contributed by atoms with Crippen LogP contribution < -0.4 is 10.1 Å². The third-order valence-electron chi connectivity index (χ3n) is 2.00. The van der Waals surface area contributed by atoms with Gasteiger partial charge in [-0.3, -0.25) is 10.1 Å². The van der Waals surface area contributed by atoms with E-state index in [0.29, 0.717) is 6.54 Å². The van der Waals surface area contributed by atoms with Crippen molar-refractivity contribution < 1.29 is 9.66 Å². The summed E-state index contributed by atoms with van der Waals surface area (Å²) in [6, 6.07) is 4.69. The standard InChI is InChI=1S/C12H15BrN2O3/c1-8(2)18-12-6-10(14-7-9(3)13)4-5-11(12)15(16)17/h4-6,8,14H,3,7H2,1-2H3. The number of halogens is 1. The van der Waals surface area contributed by atoms with Gasteiger partial charge in [-0.05, 0) is 19.9 Å². The van der Waals surface area contributed by atoms with Crippen LogP contribution in [0, 0.1) is 10.1 Å². The van der Waals surface area contributed by atoms with E-state index in [9.17, 15) is 10.1 Å².